The van der Waals surface area contributed by atoms with Gasteiger partial charge in [-0.3, -0.25) is 19.0 Å². The summed E-state index contributed by atoms with van der Waals surface area (Å²) in [5, 5.41) is 5.42. The Morgan fingerprint density at radius 2 is 1.64 bits per heavy atom. The minimum Gasteiger partial charge on any atom is -0.356 e. The van der Waals surface area contributed by atoms with Crippen molar-refractivity contribution in [2.45, 2.75) is 100.0 Å². The monoisotopic (exact) mass is 469 g/mol. The first-order valence-electron chi connectivity index (χ1n) is 12.5. The number of carbonyl (C=O) groups is 2. The van der Waals surface area contributed by atoms with Gasteiger partial charge in [0.2, 0.25) is 12.3 Å². The van der Waals surface area contributed by atoms with Gasteiger partial charge in [-0.1, -0.05) is 86.1 Å². The van der Waals surface area contributed by atoms with E-state index in [0.29, 0.717) is 32.0 Å². The molecule has 1 aromatic rings. The highest BCUT2D eigenvalue weighted by atomic mass is 19.1. The van der Waals surface area contributed by atoms with Crippen LogP contribution in [0.2, 0.25) is 0 Å². The average molecular weight is 470 g/mol. The molecule has 1 rings (SSSR count). The number of hydrogen-bond donors (Lipinski definition) is 2. The van der Waals surface area contributed by atoms with Crippen LogP contribution in [0.15, 0.2) is 24.4 Å². The van der Waals surface area contributed by atoms with Crippen molar-refractivity contribution >= 4 is 12.3 Å². The molecule has 0 aliphatic heterocycles. The molecule has 1 heterocycles. The molecule has 2 N–H and O–H groups in total. The summed E-state index contributed by atoms with van der Waals surface area (Å²) in [5.74, 6) is 2.36. The number of hydrogen-bond acceptors (Lipinski definition) is 3. The van der Waals surface area contributed by atoms with Gasteiger partial charge < -0.3 is 10.6 Å². The fourth-order valence-corrected chi connectivity index (χ4v) is 3.19. The molecule has 0 bridgehead atoms. The van der Waals surface area contributed by atoms with E-state index >= 15 is 0 Å². The van der Waals surface area contributed by atoms with Crippen LogP contribution < -0.4 is 10.6 Å². The number of alkyl halides is 1. The Morgan fingerprint density at radius 1 is 1.03 bits per heavy atom. The molecule has 6 heteroatoms. The molecular formula is C27H52FN3O2. The van der Waals surface area contributed by atoms with Crippen molar-refractivity contribution in [3.8, 4) is 0 Å². The zero-order valence-corrected chi connectivity index (χ0v) is 22.6. The second-order valence-electron chi connectivity index (χ2n) is 8.59. The molecule has 1 aromatic heterocycles. The number of aromatic nitrogens is 1. The summed E-state index contributed by atoms with van der Waals surface area (Å²) in [6.07, 6.45) is 11.6. The largest absolute Gasteiger partial charge is 0.356 e. The zero-order chi connectivity index (χ0) is 25.9. The fourth-order valence-electron chi connectivity index (χ4n) is 3.19. The van der Waals surface area contributed by atoms with Crippen molar-refractivity contribution in [3.05, 3.63) is 30.1 Å². The maximum absolute atomic E-state index is 10.7. The molecule has 0 saturated heterocycles. The topological polar surface area (TPSA) is 71.1 Å². The fraction of sp³-hybridized carbons (Fsp3) is 0.741. The van der Waals surface area contributed by atoms with Gasteiger partial charge in [-0.25, -0.2) is 0 Å². The SMILES string of the molecule is CCCC(C)CCC.CCCCC(CNC(C)=O)C(C)C.CF.O=CNCc1ccccn1. The molecule has 33 heavy (non-hydrogen) atoms. The molecule has 0 saturated carbocycles. The van der Waals surface area contributed by atoms with Gasteiger partial charge in [-0.05, 0) is 36.3 Å². The number of pyridine rings is 1. The first-order valence-corrected chi connectivity index (χ1v) is 12.5. The number of nitrogens with one attached hydrogen (secondary N) is 2. The van der Waals surface area contributed by atoms with Gasteiger partial charge in [0.05, 0.1) is 19.4 Å². The third kappa shape index (κ3) is 28.0. The number of carbonyl (C=O) groups excluding carboxylic acids is 2. The van der Waals surface area contributed by atoms with Crippen LogP contribution in [-0.4, -0.2) is 31.0 Å². The Morgan fingerprint density at radius 3 is 2.03 bits per heavy atom. The highest BCUT2D eigenvalue weighted by molar-refractivity contribution is 5.72. The van der Waals surface area contributed by atoms with Gasteiger partial charge in [0.15, 0.2) is 0 Å². The second kappa shape index (κ2) is 28.1. The average Bonchev–Trinajstić information content (AvgIpc) is 2.80. The predicted octanol–water partition coefficient (Wildman–Crippen LogP) is 6.72. The molecule has 0 spiro atoms. The van der Waals surface area contributed by atoms with Crippen molar-refractivity contribution < 1.29 is 14.0 Å². The van der Waals surface area contributed by atoms with Crippen molar-refractivity contribution in [1.29, 1.82) is 0 Å². The number of unbranched alkanes of at least 4 members (excludes halogenated alkanes) is 1. The number of rotatable bonds is 13. The first-order chi connectivity index (χ1) is 15.8. The van der Waals surface area contributed by atoms with Gasteiger partial charge in [-0.15, -0.1) is 0 Å². The van der Waals surface area contributed by atoms with Crippen LogP contribution in [0.1, 0.15) is 99.1 Å². The normalized spacial score (nSPS) is 10.5. The maximum Gasteiger partial charge on any atom is 0.216 e. The van der Waals surface area contributed by atoms with E-state index in [-0.39, 0.29) is 5.91 Å². The molecule has 5 nitrogen and oxygen atoms in total. The lowest BCUT2D eigenvalue weighted by Crippen LogP contribution is -2.29. The number of halogens is 1. The summed E-state index contributed by atoms with van der Waals surface area (Å²) >= 11 is 0. The van der Waals surface area contributed by atoms with Crippen LogP contribution in [-0.2, 0) is 16.1 Å². The molecule has 1 unspecified atom stereocenters. The third-order valence-electron chi connectivity index (χ3n) is 5.14. The van der Waals surface area contributed by atoms with Gasteiger partial charge in [0.25, 0.3) is 0 Å². The lowest BCUT2D eigenvalue weighted by molar-refractivity contribution is -0.119. The molecule has 0 aliphatic rings. The highest BCUT2D eigenvalue weighted by Gasteiger charge is 2.12. The van der Waals surface area contributed by atoms with Crippen molar-refractivity contribution in [3.63, 3.8) is 0 Å². The molecular weight excluding hydrogens is 417 g/mol. The van der Waals surface area contributed by atoms with Crippen LogP contribution in [0.3, 0.4) is 0 Å². The molecule has 194 valence electrons. The second-order valence-corrected chi connectivity index (χ2v) is 8.59. The summed E-state index contributed by atoms with van der Waals surface area (Å²) < 4.78 is 9.50. The highest BCUT2D eigenvalue weighted by Crippen LogP contribution is 2.17. The Balaban J connectivity index is -0.000000404. The van der Waals surface area contributed by atoms with E-state index in [1.807, 2.05) is 18.2 Å². The minimum atomic E-state index is 0.0853. The Kier molecular flexibility index (Phi) is 30.3. The van der Waals surface area contributed by atoms with Gasteiger partial charge >= 0.3 is 0 Å². The molecule has 0 radical (unpaired) electrons. The Bertz CT molecular complexity index is 521. The summed E-state index contributed by atoms with van der Waals surface area (Å²) in [7, 11) is 0.500. The smallest absolute Gasteiger partial charge is 0.216 e. The Labute approximate surface area is 203 Å². The summed E-state index contributed by atoms with van der Waals surface area (Å²) in [6, 6.07) is 5.58. The van der Waals surface area contributed by atoms with E-state index < -0.39 is 0 Å². The van der Waals surface area contributed by atoms with E-state index in [4.69, 9.17) is 0 Å². The van der Waals surface area contributed by atoms with Crippen LogP contribution in [0.4, 0.5) is 4.39 Å². The molecule has 2 amide bonds. The van der Waals surface area contributed by atoms with Crippen molar-refractivity contribution in [2.24, 2.45) is 17.8 Å². The molecule has 1 atom stereocenters. The van der Waals surface area contributed by atoms with Crippen LogP contribution in [0.5, 0.6) is 0 Å². The van der Waals surface area contributed by atoms with E-state index in [2.05, 4.69) is 57.2 Å². The van der Waals surface area contributed by atoms with Gasteiger partial charge in [-0.2, -0.15) is 0 Å². The summed E-state index contributed by atoms with van der Waals surface area (Å²) in [5.41, 5.74) is 0.870. The van der Waals surface area contributed by atoms with Gasteiger partial charge in [0, 0.05) is 19.7 Å². The van der Waals surface area contributed by atoms with Crippen LogP contribution >= 0.6 is 0 Å². The number of nitrogens with zero attached hydrogens (tertiary/aromatic N) is 1. The maximum atomic E-state index is 10.7. The predicted molar refractivity (Wildman–Crippen MR) is 140 cm³/mol. The molecule has 0 aliphatic carbocycles. The minimum absolute atomic E-state index is 0.0853. The summed E-state index contributed by atoms with van der Waals surface area (Å²) in [4.78, 5) is 24.6. The lowest BCUT2D eigenvalue weighted by Gasteiger charge is -2.20. The van der Waals surface area contributed by atoms with E-state index in [1.165, 1.54) is 44.9 Å². The van der Waals surface area contributed by atoms with Crippen LogP contribution in [0.25, 0.3) is 0 Å². The van der Waals surface area contributed by atoms with Crippen LogP contribution in [0, 0.1) is 17.8 Å². The quantitative estimate of drug-likeness (QED) is 0.315. The summed E-state index contributed by atoms with van der Waals surface area (Å²) in [6.45, 7) is 16.4. The standard InChI is InChI=1S/C11H23NO.C8H18.C7H8N2O.CH3F/c1-5-6-7-11(9(2)3)8-12-10(4)13;1-4-6-8(3)7-5-2;10-6-8-5-7-3-1-2-4-9-7;1-2/h9,11H,5-8H2,1-4H3,(H,12,13);8H,4-7H2,1-3H3;1-4,6H,5H2,(H,8,10);1H3. The third-order valence-corrected chi connectivity index (χ3v) is 5.14. The van der Waals surface area contributed by atoms with Crippen molar-refractivity contribution in [2.75, 3.05) is 13.7 Å². The zero-order valence-electron chi connectivity index (χ0n) is 22.6. The lowest BCUT2D eigenvalue weighted by atomic mass is 9.90. The molecule has 0 fully saturated rings. The van der Waals surface area contributed by atoms with Gasteiger partial charge in [0.1, 0.15) is 0 Å². The Hall–Kier alpha value is -1.98. The first kappa shape index (κ1) is 35.6. The van der Waals surface area contributed by atoms with Crippen molar-refractivity contribution in [1.82, 2.24) is 15.6 Å². The number of amides is 2. The van der Waals surface area contributed by atoms with E-state index in [9.17, 15) is 14.0 Å². The van der Waals surface area contributed by atoms with E-state index in [1.54, 1.807) is 13.1 Å². The molecule has 0 aromatic carbocycles. The van der Waals surface area contributed by atoms with E-state index in [0.717, 1.165) is 18.2 Å².